The van der Waals surface area contributed by atoms with Gasteiger partial charge in [0.25, 0.3) is 0 Å². The fourth-order valence-corrected chi connectivity index (χ4v) is 8.74. The van der Waals surface area contributed by atoms with Crippen LogP contribution in [0.5, 0.6) is 0 Å². The van der Waals surface area contributed by atoms with Crippen LogP contribution in [-0.2, 0) is 5.41 Å². The Labute approximate surface area is 303 Å². The van der Waals surface area contributed by atoms with Crippen LogP contribution in [0.4, 0.5) is 0 Å². The van der Waals surface area contributed by atoms with Crippen LogP contribution in [0, 0.1) is 5.41 Å². The average Bonchev–Trinajstić information content (AvgIpc) is 3.68. The van der Waals surface area contributed by atoms with Crippen LogP contribution in [0.15, 0.2) is 170 Å². The lowest BCUT2D eigenvalue weighted by Crippen LogP contribution is -2.25. The van der Waals surface area contributed by atoms with Crippen molar-refractivity contribution in [3.8, 4) is 56.2 Å². The summed E-state index contributed by atoms with van der Waals surface area (Å²) in [5.74, 6) is 0.678. The zero-order valence-corrected chi connectivity index (χ0v) is 28.6. The number of aromatic nitrogens is 2. The van der Waals surface area contributed by atoms with Crippen LogP contribution >= 0.6 is 0 Å². The Morgan fingerprint density at radius 3 is 1.77 bits per heavy atom. The van der Waals surface area contributed by atoms with E-state index in [-0.39, 0.29) is 0 Å². The molecule has 0 amide bonds. The Bertz CT molecular complexity index is 2720. The maximum absolute atomic E-state index is 7.99. The van der Waals surface area contributed by atoms with E-state index in [0.717, 1.165) is 44.6 Å². The molecule has 1 N–H and O–H groups in total. The third-order valence-electron chi connectivity index (χ3n) is 11.0. The summed E-state index contributed by atoms with van der Waals surface area (Å²) in [5.41, 5.74) is 16.4. The lowest BCUT2D eigenvalue weighted by Gasteiger charge is -2.30. The zero-order chi connectivity index (χ0) is 34.8. The van der Waals surface area contributed by atoms with E-state index in [4.69, 9.17) is 15.4 Å². The monoisotopic (exact) mass is 663 g/mol. The van der Waals surface area contributed by atoms with E-state index in [1.165, 1.54) is 56.1 Å². The molecule has 3 nitrogen and oxygen atoms in total. The first-order valence-corrected chi connectivity index (χ1v) is 17.8. The van der Waals surface area contributed by atoms with Gasteiger partial charge in [0.05, 0.1) is 16.8 Å². The first-order valence-electron chi connectivity index (χ1n) is 17.8. The third kappa shape index (κ3) is 4.29. The van der Waals surface area contributed by atoms with Crippen LogP contribution in [0.25, 0.3) is 72.5 Å². The zero-order valence-electron chi connectivity index (χ0n) is 28.6. The van der Waals surface area contributed by atoms with Crippen molar-refractivity contribution < 1.29 is 0 Å². The molecule has 1 heterocycles. The van der Waals surface area contributed by atoms with E-state index in [1.54, 1.807) is 0 Å². The van der Waals surface area contributed by atoms with Crippen molar-refractivity contribution >= 4 is 22.6 Å². The summed E-state index contributed by atoms with van der Waals surface area (Å²) in [7, 11) is 0. The smallest absolute Gasteiger partial charge is 0.160 e. The van der Waals surface area contributed by atoms with Gasteiger partial charge >= 0.3 is 0 Å². The topological polar surface area (TPSA) is 49.6 Å². The second kappa shape index (κ2) is 11.7. The molecule has 1 spiro atoms. The summed E-state index contributed by atoms with van der Waals surface area (Å²) in [4.78, 5) is 10.7. The summed E-state index contributed by atoms with van der Waals surface area (Å²) in [6, 6.07) is 58.8. The highest BCUT2D eigenvalue weighted by molar-refractivity contribution is 6.08. The minimum absolute atomic E-state index is 0.449. The van der Waals surface area contributed by atoms with Crippen molar-refractivity contribution in [1.82, 2.24) is 9.97 Å². The van der Waals surface area contributed by atoms with Crippen LogP contribution in [0.3, 0.4) is 0 Å². The number of benzene rings is 7. The molecule has 8 aromatic rings. The molecule has 0 saturated carbocycles. The molecule has 0 bridgehead atoms. The van der Waals surface area contributed by atoms with E-state index in [0.29, 0.717) is 5.82 Å². The highest BCUT2D eigenvalue weighted by atomic mass is 14.9. The van der Waals surface area contributed by atoms with E-state index in [1.807, 2.05) is 25.1 Å². The van der Waals surface area contributed by atoms with Gasteiger partial charge < -0.3 is 5.41 Å². The van der Waals surface area contributed by atoms with Gasteiger partial charge in [0.15, 0.2) is 5.82 Å². The highest BCUT2D eigenvalue weighted by Crippen LogP contribution is 2.63. The Morgan fingerprint density at radius 1 is 0.500 bits per heavy atom. The Balaban J connectivity index is 1.24. The lowest BCUT2D eigenvalue weighted by molar-refractivity contribution is 0.794. The van der Waals surface area contributed by atoms with Crippen LogP contribution in [0.2, 0.25) is 0 Å². The highest BCUT2D eigenvalue weighted by Gasteiger charge is 2.51. The third-order valence-corrected chi connectivity index (χ3v) is 11.0. The Kier molecular flexibility index (Phi) is 6.77. The quantitative estimate of drug-likeness (QED) is 0.186. The van der Waals surface area contributed by atoms with Crippen LogP contribution in [-0.4, -0.2) is 16.2 Å². The second-order valence-corrected chi connectivity index (χ2v) is 13.6. The molecule has 10 rings (SSSR count). The maximum atomic E-state index is 7.99. The standard InChI is InChI=1S/C49H33N3/c1-2-31(30-50)33-15-11-16-34(27-33)46-29-47(41-21-12-14-32-13-3-4-17-36(32)41)52-48(51-46)35-25-26-40-39-20-7-10-24-44(39)49(45(40)28-35)42-22-8-5-18-37(42)38-19-6-9-23-43(38)49/h2-30,50H,1H3/b31-2+,50-30?. The number of nitrogens with one attached hydrogen (secondary N) is 1. The minimum atomic E-state index is -0.449. The van der Waals surface area contributed by atoms with Gasteiger partial charge in [-0.1, -0.05) is 152 Å². The van der Waals surface area contributed by atoms with E-state index in [2.05, 4.69) is 152 Å². The van der Waals surface area contributed by atoms with Gasteiger partial charge in [-0.05, 0) is 91.5 Å². The first-order chi connectivity index (χ1) is 25.7. The summed E-state index contributed by atoms with van der Waals surface area (Å²) in [6.07, 6.45) is 3.38. The molecule has 0 unspecified atom stereocenters. The second-order valence-electron chi connectivity index (χ2n) is 13.6. The van der Waals surface area contributed by atoms with E-state index in [9.17, 15) is 0 Å². The number of hydrogen-bond donors (Lipinski definition) is 1. The fraction of sp³-hybridized carbons (Fsp3) is 0.0408. The predicted octanol–water partition coefficient (Wildman–Crippen LogP) is 12.0. The van der Waals surface area contributed by atoms with Crippen LogP contribution in [0.1, 0.15) is 34.7 Å². The molecule has 1 aromatic heterocycles. The normalized spacial score (nSPS) is 13.4. The van der Waals surface area contributed by atoms with Gasteiger partial charge in [-0.3, -0.25) is 0 Å². The van der Waals surface area contributed by atoms with Gasteiger partial charge in [0, 0.05) is 22.9 Å². The number of nitrogens with zero attached hydrogens (tertiary/aromatic N) is 2. The maximum Gasteiger partial charge on any atom is 0.160 e. The van der Waals surface area contributed by atoms with Crippen molar-refractivity contribution in [2.75, 3.05) is 0 Å². The van der Waals surface area contributed by atoms with E-state index >= 15 is 0 Å². The SMILES string of the molecule is C/C=C(\C=N)c1cccc(-c2cc(-c3cccc4ccccc34)nc(-c3ccc4c(c3)C3(c5ccccc5-c5ccccc53)c3ccccc3-4)n2)c1. The predicted molar refractivity (Wildman–Crippen MR) is 215 cm³/mol. The molecule has 3 heteroatoms. The Morgan fingerprint density at radius 2 is 1.08 bits per heavy atom. The van der Waals surface area contributed by atoms with Crippen molar-refractivity contribution in [2.45, 2.75) is 12.3 Å². The van der Waals surface area contributed by atoms with Gasteiger partial charge in [-0.15, -0.1) is 0 Å². The first kappa shape index (κ1) is 30.1. The molecule has 52 heavy (non-hydrogen) atoms. The molecule has 7 aromatic carbocycles. The largest absolute Gasteiger partial charge is 0.308 e. The molecular formula is C49H33N3. The van der Waals surface area contributed by atoms with Crippen molar-refractivity contribution in [1.29, 1.82) is 5.41 Å². The molecule has 0 radical (unpaired) electrons. The molecule has 2 aliphatic carbocycles. The van der Waals surface area contributed by atoms with Crippen molar-refractivity contribution in [3.05, 3.63) is 198 Å². The minimum Gasteiger partial charge on any atom is -0.308 e. The summed E-state index contributed by atoms with van der Waals surface area (Å²) < 4.78 is 0. The molecule has 0 aliphatic heterocycles. The van der Waals surface area contributed by atoms with Gasteiger partial charge in [-0.25, -0.2) is 9.97 Å². The molecule has 0 fully saturated rings. The van der Waals surface area contributed by atoms with Gasteiger partial charge in [0.2, 0.25) is 0 Å². The summed E-state index contributed by atoms with van der Waals surface area (Å²) >= 11 is 0. The van der Waals surface area contributed by atoms with E-state index < -0.39 is 5.41 Å². The number of fused-ring (bicyclic) bond motifs is 11. The van der Waals surface area contributed by atoms with Crippen LogP contribution < -0.4 is 0 Å². The van der Waals surface area contributed by atoms with Crippen molar-refractivity contribution in [2.24, 2.45) is 0 Å². The number of allylic oxidation sites excluding steroid dienone is 2. The summed E-state index contributed by atoms with van der Waals surface area (Å²) in [5, 5.41) is 10.3. The average molecular weight is 664 g/mol. The Hall–Kier alpha value is -6.71. The summed E-state index contributed by atoms with van der Waals surface area (Å²) in [6.45, 7) is 1.97. The number of hydrogen-bond acceptors (Lipinski definition) is 3. The lowest BCUT2D eigenvalue weighted by atomic mass is 9.70. The van der Waals surface area contributed by atoms with Gasteiger partial charge in [-0.2, -0.15) is 0 Å². The fourth-order valence-electron chi connectivity index (χ4n) is 8.74. The molecular weight excluding hydrogens is 631 g/mol. The molecule has 2 aliphatic rings. The molecule has 0 atom stereocenters. The molecule has 244 valence electrons. The van der Waals surface area contributed by atoms with Gasteiger partial charge in [0.1, 0.15) is 0 Å². The van der Waals surface area contributed by atoms with Crippen molar-refractivity contribution in [3.63, 3.8) is 0 Å². The molecule has 0 saturated heterocycles. The number of rotatable bonds is 5.